The molecule has 0 saturated carbocycles. The van der Waals surface area contributed by atoms with E-state index in [1.807, 2.05) is 18.7 Å². The van der Waals surface area contributed by atoms with Crippen LogP contribution in [0.2, 0.25) is 5.02 Å². The fourth-order valence-electron chi connectivity index (χ4n) is 4.88. The van der Waals surface area contributed by atoms with Gasteiger partial charge in [0.2, 0.25) is 5.91 Å². The smallest absolute Gasteiger partial charge is 0.264 e. The molecule has 2 aliphatic rings. The minimum Gasteiger partial charge on any atom is -0.360 e. The molecule has 1 saturated heterocycles. The van der Waals surface area contributed by atoms with Gasteiger partial charge >= 0.3 is 0 Å². The van der Waals surface area contributed by atoms with Crippen LogP contribution >= 0.6 is 11.6 Å². The highest BCUT2D eigenvalue weighted by atomic mass is 35.5. The van der Waals surface area contributed by atoms with Crippen LogP contribution in [0.25, 0.3) is 0 Å². The van der Waals surface area contributed by atoms with Crippen LogP contribution in [-0.2, 0) is 21.4 Å². The number of amidine groups is 1. The maximum atomic E-state index is 14.1. The van der Waals surface area contributed by atoms with Crippen molar-refractivity contribution in [2.45, 2.75) is 63.1 Å². The maximum absolute atomic E-state index is 14.1. The molecule has 2 aromatic rings. The molecule has 0 unspecified atom stereocenters. The standard InChI is InChI=1S/C28H34ClFN4O3S/c1-19-14-15-33(17-19)27(35)26-28(3,4)32-25(31-26)13-10-20(2)34(18-21-11-12-23(29)24(30)16-21)38(36,37)22-8-6-5-7-9-22/h5-9,11-12,16,19,26H,2,10,13-15,17-18H2,1,3-4H3,(H,31,32)/t19-,26+/m1/s1. The van der Waals surface area contributed by atoms with Crippen LogP contribution < -0.4 is 5.32 Å². The number of carbonyl (C=O) groups is 1. The molecule has 2 heterocycles. The summed E-state index contributed by atoms with van der Waals surface area (Å²) in [4.78, 5) is 19.9. The second-order valence-corrected chi connectivity index (χ2v) is 12.9. The molecule has 2 aliphatic heterocycles. The van der Waals surface area contributed by atoms with Crippen LogP contribution in [0.1, 0.15) is 45.6 Å². The topological polar surface area (TPSA) is 82.1 Å². The molecule has 1 N–H and O–H groups in total. The molecular weight excluding hydrogens is 527 g/mol. The number of sulfonamides is 1. The van der Waals surface area contributed by atoms with E-state index in [1.54, 1.807) is 24.3 Å². The summed E-state index contributed by atoms with van der Waals surface area (Å²) in [6.07, 6.45) is 1.64. The molecule has 0 bridgehead atoms. The third kappa shape index (κ3) is 6.04. The third-order valence-corrected chi connectivity index (χ3v) is 9.21. The van der Waals surface area contributed by atoms with Crippen molar-refractivity contribution in [3.8, 4) is 0 Å². The number of benzene rings is 2. The number of halogens is 2. The summed E-state index contributed by atoms with van der Waals surface area (Å²) < 4.78 is 42.5. The lowest BCUT2D eigenvalue weighted by Crippen LogP contribution is -2.52. The second-order valence-electron chi connectivity index (χ2n) is 10.6. The number of allylic oxidation sites excluding steroid dienone is 1. The molecule has 1 amide bonds. The maximum Gasteiger partial charge on any atom is 0.264 e. The molecule has 1 fully saturated rings. The summed E-state index contributed by atoms with van der Waals surface area (Å²) >= 11 is 5.82. The Hall–Kier alpha value is -2.91. The Morgan fingerprint density at radius 1 is 1.26 bits per heavy atom. The van der Waals surface area contributed by atoms with Gasteiger partial charge in [0.15, 0.2) is 0 Å². The summed E-state index contributed by atoms with van der Waals surface area (Å²) in [5.41, 5.74) is 0.140. The van der Waals surface area contributed by atoms with E-state index < -0.39 is 27.4 Å². The fourth-order valence-corrected chi connectivity index (χ4v) is 6.50. The molecule has 0 aromatic heterocycles. The van der Waals surface area contributed by atoms with E-state index in [9.17, 15) is 17.6 Å². The van der Waals surface area contributed by atoms with E-state index in [1.165, 1.54) is 28.6 Å². The number of carbonyl (C=O) groups excluding carboxylic acids is 1. The van der Waals surface area contributed by atoms with Gasteiger partial charge in [0.05, 0.1) is 27.8 Å². The van der Waals surface area contributed by atoms with Gasteiger partial charge in [-0.2, -0.15) is 0 Å². The highest BCUT2D eigenvalue weighted by Gasteiger charge is 2.43. The van der Waals surface area contributed by atoms with E-state index >= 15 is 0 Å². The first-order valence-corrected chi connectivity index (χ1v) is 14.5. The molecule has 0 aliphatic carbocycles. The van der Waals surface area contributed by atoms with Crippen molar-refractivity contribution in [3.63, 3.8) is 0 Å². The first-order chi connectivity index (χ1) is 17.9. The van der Waals surface area contributed by atoms with Crippen molar-refractivity contribution in [1.82, 2.24) is 14.5 Å². The average molecular weight is 561 g/mol. The Labute approximate surface area is 229 Å². The van der Waals surface area contributed by atoms with Gasteiger partial charge in [0.25, 0.3) is 10.0 Å². The molecule has 2 aromatic carbocycles. The van der Waals surface area contributed by atoms with Crippen LogP contribution in [0.5, 0.6) is 0 Å². The van der Waals surface area contributed by atoms with E-state index in [2.05, 4.69) is 18.8 Å². The molecule has 0 radical (unpaired) electrons. The van der Waals surface area contributed by atoms with Gasteiger partial charge < -0.3 is 10.2 Å². The Bertz CT molecular complexity index is 1350. The van der Waals surface area contributed by atoms with Crippen LogP contribution in [0.15, 0.2) is 70.7 Å². The van der Waals surface area contributed by atoms with Crippen molar-refractivity contribution in [1.29, 1.82) is 0 Å². The molecule has 4 rings (SSSR count). The Morgan fingerprint density at radius 2 is 1.97 bits per heavy atom. The average Bonchev–Trinajstić information content (AvgIpc) is 3.45. The molecular formula is C28H34ClFN4O3S. The summed E-state index contributed by atoms with van der Waals surface area (Å²) in [6.45, 7) is 11.4. The predicted octanol–water partition coefficient (Wildman–Crippen LogP) is 4.98. The quantitative estimate of drug-likeness (QED) is 0.469. The minimum atomic E-state index is -3.97. The summed E-state index contributed by atoms with van der Waals surface area (Å²) in [6, 6.07) is 11.8. The molecule has 38 heavy (non-hydrogen) atoms. The van der Waals surface area contributed by atoms with Gasteiger partial charge in [-0.1, -0.05) is 49.4 Å². The van der Waals surface area contributed by atoms with Gasteiger partial charge in [-0.3, -0.25) is 14.1 Å². The van der Waals surface area contributed by atoms with Gasteiger partial charge in [0, 0.05) is 25.2 Å². The number of hydrogen-bond acceptors (Lipinski definition) is 5. The minimum absolute atomic E-state index is 0.0366. The van der Waals surface area contributed by atoms with Crippen LogP contribution in [0.3, 0.4) is 0 Å². The lowest BCUT2D eigenvalue weighted by molar-refractivity contribution is -0.133. The third-order valence-electron chi connectivity index (χ3n) is 7.07. The van der Waals surface area contributed by atoms with E-state index in [4.69, 9.17) is 16.6 Å². The SMILES string of the molecule is C=C(CCC1=NC(C)(C)[C@H](C(=O)N2CC[C@@H](C)C2)N1)N(Cc1ccc(Cl)c(F)c1)S(=O)(=O)c1ccccc1. The zero-order chi connectivity index (χ0) is 27.7. The summed E-state index contributed by atoms with van der Waals surface area (Å²) in [5.74, 6) is 0.534. The Balaban J connectivity index is 1.50. The Kier molecular flexibility index (Phi) is 8.18. The van der Waals surface area contributed by atoms with Gasteiger partial charge in [-0.25, -0.2) is 12.8 Å². The van der Waals surface area contributed by atoms with Crippen LogP contribution in [0.4, 0.5) is 4.39 Å². The van der Waals surface area contributed by atoms with Crippen LogP contribution in [-0.4, -0.2) is 54.0 Å². The van der Waals surface area contributed by atoms with Crippen molar-refractivity contribution in [2.24, 2.45) is 10.9 Å². The zero-order valence-electron chi connectivity index (χ0n) is 22.0. The highest BCUT2D eigenvalue weighted by Crippen LogP contribution is 2.29. The summed E-state index contributed by atoms with van der Waals surface area (Å²) in [7, 11) is -3.97. The molecule has 2 atom stereocenters. The lowest BCUT2D eigenvalue weighted by Gasteiger charge is -2.28. The molecule has 0 spiro atoms. The second kappa shape index (κ2) is 11.1. The number of amides is 1. The van der Waals surface area contributed by atoms with Crippen LogP contribution in [0, 0.1) is 11.7 Å². The van der Waals surface area contributed by atoms with Gasteiger partial charge in [-0.05, 0) is 62.4 Å². The van der Waals surface area contributed by atoms with E-state index in [0.29, 0.717) is 29.4 Å². The van der Waals surface area contributed by atoms with Crippen molar-refractivity contribution in [2.75, 3.05) is 13.1 Å². The number of rotatable bonds is 9. The van der Waals surface area contributed by atoms with E-state index in [-0.39, 0.29) is 28.8 Å². The predicted molar refractivity (Wildman–Crippen MR) is 148 cm³/mol. The Morgan fingerprint density at radius 3 is 2.61 bits per heavy atom. The van der Waals surface area contributed by atoms with Gasteiger partial charge in [0.1, 0.15) is 11.9 Å². The molecule has 10 heteroatoms. The summed E-state index contributed by atoms with van der Waals surface area (Å²) in [5, 5.41) is 3.25. The fraction of sp³-hybridized carbons (Fsp3) is 0.429. The normalized spacial score (nSPS) is 20.7. The largest absolute Gasteiger partial charge is 0.360 e. The number of hydrogen-bond donors (Lipinski definition) is 1. The monoisotopic (exact) mass is 560 g/mol. The number of nitrogens with one attached hydrogen (secondary N) is 1. The van der Waals surface area contributed by atoms with Crippen molar-refractivity contribution < 1.29 is 17.6 Å². The van der Waals surface area contributed by atoms with E-state index in [0.717, 1.165) is 19.5 Å². The van der Waals surface area contributed by atoms with Gasteiger partial charge in [-0.15, -0.1) is 0 Å². The van der Waals surface area contributed by atoms with Crippen molar-refractivity contribution in [3.05, 3.63) is 77.2 Å². The molecule has 7 nitrogen and oxygen atoms in total. The first-order valence-electron chi connectivity index (χ1n) is 12.7. The number of likely N-dealkylation sites (tertiary alicyclic amines) is 1. The van der Waals surface area contributed by atoms with Crippen molar-refractivity contribution >= 4 is 33.4 Å². The zero-order valence-corrected chi connectivity index (χ0v) is 23.5. The highest BCUT2D eigenvalue weighted by molar-refractivity contribution is 7.89. The number of aliphatic imine (C=N–C) groups is 1. The lowest BCUT2D eigenvalue weighted by atomic mass is 9.96. The number of nitrogens with zero attached hydrogens (tertiary/aromatic N) is 3. The first kappa shape index (κ1) is 28.1. The molecule has 204 valence electrons.